The molecule has 0 aromatic heterocycles. The molecular weight excluding hydrogens is 250 g/mol. The average molecular weight is 277 g/mol. The number of nitrogens with zero attached hydrogens (tertiary/aromatic N) is 1. The number of guanidine groups is 1. The van der Waals surface area contributed by atoms with E-state index in [4.69, 9.17) is 4.74 Å². The fraction of sp³-hybridized carbons (Fsp3) is 0.562. The zero-order chi connectivity index (χ0) is 14.6. The van der Waals surface area contributed by atoms with Crippen LogP contribution in [0.4, 0.5) is 0 Å². The molecule has 1 atom stereocenters. The molecule has 0 fully saturated rings. The van der Waals surface area contributed by atoms with Crippen molar-refractivity contribution >= 4 is 5.96 Å². The molecule has 4 nitrogen and oxygen atoms in total. The van der Waals surface area contributed by atoms with E-state index in [0.717, 1.165) is 38.6 Å². The molecule has 112 valence electrons. The Balaban J connectivity index is 2.45. The van der Waals surface area contributed by atoms with Crippen LogP contribution in [0.15, 0.2) is 35.3 Å². The molecule has 0 saturated heterocycles. The summed E-state index contributed by atoms with van der Waals surface area (Å²) >= 11 is 0. The van der Waals surface area contributed by atoms with Gasteiger partial charge in [-0.25, -0.2) is 0 Å². The Morgan fingerprint density at radius 1 is 1.25 bits per heavy atom. The van der Waals surface area contributed by atoms with Gasteiger partial charge in [0, 0.05) is 39.3 Å². The van der Waals surface area contributed by atoms with E-state index in [1.807, 2.05) is 6.07 Å². The maximum Gasteiger partial charge on any atom is 0.191 e. The summed E-state index contributed by atoms with van der Waals surface area (Å²) in [6.45, 7) is 7.58. The molecule has 20 heavy (non-hydrogen) atoms. The van der Waals surface area contributed by atoms with E-state index in [0.29, 0.717) is 5.92 Å². The van der Waals surface area contributed by atoms with Crippen LogP contribution in [0.3, 0.4) is 0 Å². The number of hydrogen-bond acceptors (Lipinski definition) is 2. The van der Waals surface area contributed by atoms with Gasteiger partial charge in [0.15, 0.2) is 5.96 Å². The smallest absolute Gasteiger partial charge is 0.191 e. The number of benzene rings is 1. The average Bonchev–Trinajstić information content (AvgIpc) is 2.49. The van der Waals surface area contributed by atoms with Gasteiger partial charge in [-0.15, -0.1) is 0 Å². The van der Waals surface area contributed by atoms with Gasteiger partial charge in [0.05, 0.1) is 0 Å². The van der Waals surface area contributed by atoms with Crippen molar-refractivity contribution in [2.24, 2.45) is 4.99 Å². The van der Waals surface area contributed by atoms with E-state index in [1.54, 1.807) is 7.11 Å². The lowest BCUT2D eigenvalue weighted by molar-refractivity contribution is 0.195. The molecule has 1 rings (SSSR count). The Hall–Kier alpha value is -1.55. The van der Waals surface area contributed by atoms with E-state index >= 15 is 0 Å². The Bertz CT molecular complexity index is 379. The van der Waals surface area contributed by atoms with Gasteiger partial charge >= 0.3 is 0 Å². The molecule has 1 aromatic carbocycles. The van der Waals surface area contributed by atoms with Crippen molar-refractivity contribution in [2.75, 3.05) is 33.4 Å². The molecule has 0 heterocycles. The number of ether oxygens (including phenoxy) is 1. The summed E-state index contributed by atoms with van der Waals surface area (Å²) in [5, 5.41) is 6.59. The maximum absolute atomic E-state index is 5.04. The Kier molecular flexibility index (Phi) is 8.47. The molecule has 0 bridgehead atoms. The summed E-state index contributed by atoms with van der Waals surface area (Å²) in [6, 6.07) is 10.5. The fourth-order valence-electron chi connectivity index (χ4n) is 1.88. The number of hydrogen-bond donors (Lipinski definition) is 2. The molecule has 2 N–H and O–H groups in total. The van der Waals surface area contributed by atoms with Crippen LogP contribution in [-0.4, -0.2) is 39.3 Å². The fourth-order valence-corrected chi connectivity index (χ4v) is 1.88. The largest absolute Gasteiger partial charge is 0.385 e. The molecule has 0 saturated carbocycles. The predicted octanol–water partition coefficient (Wildman–Crippen LogP) is 2.38. The first-order valence-electron chi connectivity index (χ1n) is 7.34. The topological polar surface area (TPSA) is 45.7 Å². The van der Waals surface area contributed by atoms with E-state index in [1.165, 1.54) is 5.56 Å². The monoisotopic (exact) mass is 277 g/mol. The highest BCUT2D eigenvalue weighted by atomic mass is 16.5. The van der Waals surface area contributed by atoms with Crippen molar-refractivity contribution < 1.29 is 4.74 Å². The molecule has 1 aromatic rings. The third-order valence-electron chi connectivity index (χ3n) is 3.05. The highest BCUT2D eigenvalue weighted by molar-refractivity contribution is 5.79. The van der Waals surface area contributed by atoms with E-state index in [-0.39, 0.29) is 0 Å². The second-order valence-electron chi connectivity index (χ2n) is 4.80. The van der Waals surface area contributed by atoms with Crippen LogP contribution in [0.1, 0.15) is 31.7 Å². The van der Waals surface area contributed by atoms with Crippen LogP contribution in [-0.2, 0) is 4.74 Å². The lowest BCUT2D eigenvalue weighted by Crippen LogP contribution is -2.38. The molecule has 0 radical (unpaired) electrons. The van der Waals surface area contributed by atoms with Crippen molar-refractivity contribution in [1.29, 1.82) is 0 Å². The molecule has 0 aliphatic carbocycles. The van der Waals surface area contributed by atoms with Gasteiger partial charge in [-0.2, -0.15) is 0 Å². The maximum atomic E-state index is 5.04. The molecule has 0 aliphatic heterocycles. The Morgan fingerprint density at radius 2 is 2.00 bits per heavy atom. The number of nitrogens with one attached hydrogen (secondary N) is 2. The zero-order valence-corrected chi connectivity index (χ0v) is 12.9. The van der Waals surface area contributed by atoms with Gasteiger partial charge in [-0.05, 0) is 18.9 Å². The Morgan fingerprint density at radius 3 is 2.65 bits per heavy atom. The second-order valence-corrected chi connectivity index (χ2v) is 4.80. The van der Waals surface area contributed by atoms with Gasteiger partial charge in [-0.3, -0.25) is 4.99 Å². The van der Waals surface area contributed by atoms with Crippen LogP contribution in [0, 0.1) is 0 Å². The normalized spacial score (nSPS) is 13.1. The summed E-state index contributed by atoms with van der Waals surface area (Å²) in [5.74, 6) is 1.30. The van der Waals surface area contributed by atoms with Crippen molar-refractivity contribution in [3.05, 3.63) is 35.9 Å². The lowest BCUT2D eigenvalue weighted by Gasteiger charge is -2.13. The third-order valence-corrected chi connectivity index (χ3v) is 3.05. The molecule has 0 amide bonds. The lowest BCUT2D eigenvalue weighted by atomic mass is 10.0. The summed E-state index contributed by atoms with van der Waals surface area (Å²) < 4.78 is 5.04. The van der Waals surface area contributed by atoms with Crippen LogP contribution in [0.2, 0.25) is 0 Å². The third kappa shape index (κ3) is 6.57. The SMILES string of the molecule is CCNC(=NCC(C)c1ccccc1)NCCCOC. The number of aliphatic imine (C=N–C) groups is 1. The molecule has 1 unspecified atom stereocenters. The van der Waals surface area contributed by atoms with E-state index < -0.39 is 0 Å². The molecule has 0 spiro atoms. The summed E-state index contributed by atoms with van der Waals surface area (Å²) in [6.07, 6.45) is 0.981. The van der Waals surface area contributed by atoms with Crippen LogP contribution in [0.25, 0.3) is 0 Å². The first-order valence-corrected chi connectivity index (χ1v) is 7.34. The first-order chi connectivity index (χ1) is 9.77. The van der Waals surface area contributed by atoms with Crippen molar-refractivity contribution in [2.45, 2.75) is 26.2 Å². The minimum absolute atomic E-state index is 0.422. The van der Waals surface area contributed by atoms with E-state index in [2.05, 4.69) is 53.7 Å². The Labute approximate surface area is 122 Å². The van der Waals surface area contributed by atoms with Gasteiger partial charge in [0.2, 0.25) is 0 Å². The molecular formula is C16H27N3O. The van der Waals surface area contributed by atoms with Gasteiger partial charge in [0.25, 0.3) is 0 Å². The summed E-state index contributed by atoms with van der Waals surface area (Å²) in [7, 11) is 1.72. The highest BCUT2D eigenvalue weighted by Gasteiger charge is 2.04. The van der Waals surface area contributed by atoms with Crippen molar-refractivity contribution in [1.82, 2.24) is 10.6 Å². The van der Waals surface area contributed by atoms with Crippen molar-refractivity contribution in [3.8, 4) is 0 Å². The van der Waals surface area contributed by atoms with Crippen LogP contribution in [0.5, 0.6) is 0 Å². The van der Waals surface area contributed by atoms with Crippen molar-refractivity contribution in [3.63, 3.8) is 0 Å². The zero-order valence-electron chi connectivity index (χ0n) is 12.9. The van der Waals surface area contributed by atoms with Gasteiger partial charge in [-0.1, -0.05) is 37.3 Å². The first kappa shape index (κ1) is 16.5. The van der Waals surface area contributed by atoms with E-state index in [9.17, 15) is 0 Å². The van der Waals surface area contributed by atoms with Gasteiger partial charge < -0.3 is 15.4 Å². The second kappa shape index (κ2) is 10.3. The van der Waals surface area contributed by atoms with Gasteiger partial charge in [0.1, 0.15) is 0 Å². The van der Waals surface area contributed by atoms with Crippen LogP contribution < -0.4 is 10.6 Å². The minimum Gasteiger partial charge on any atom is -0.385 e. The standard InChI is InChI=1S/C16H27N3O/c1-4-17-16(18-11-8-12-20-3)19-13-14(2)15-9-6-5-7-10-15/h5-7,9-10,14H,4,8,11-13H2,1-3H3,(H2,17,18,19). The number of methoxy groups -OCH3 is 1. The van der Waals surface area contributed by atoms with Crippen LogP contribution >= 0.6 is 0 Å². The number of rotatable bonds is 8. The summed E-state index contributed by atoms with van der Waals surface area (Å²) in [5.41, 5.74) is 1.33. The minimum atomic E-state index is 0.422. The quantitative estimate of drug-likeness (QED) is 0.436. The molecule has 4 heteroatoms. The highest BCUT2D eigenvalue weighted by Crippen LogP contribution is 2.14. The predicted molar refractivity (Wildman–Crippen MR) is 85.3 cm³/mol. The molecule has 0 aliphatic rings. The summed E-state index contributed by atoms with van der Waals surface area (Å²) in [4.78, 5) is 4.64.